The van der Waals surface area contributed by atoms with Crippen molar-refractivity contribution >= 4 is 10.0 Å². The second kappa shape index (κ2) is 5.95. The van der Waals surface area contributed by atoms with Gasteiger partial charge < -0.3 is 10.5 Å². The summed E-state index contributed by atoms with van der Waals surface area (Å²) in [6, 6.07) is 3.43. The molecule has 0 fully saturated rings. The summed E-state index contributed by atoms with van der Waals surface area (Å²) in [6.45, 7) is 1.86. The molecule has 1 aromatic rings. The molecule has 0 bridgehead atoms. The average Bonchev–Trinajstić information content (AvgIpc) is 2.36. The Morgan fingerprint density at radius 2 is 2.24 bits per heavy atom. The number of aromatic nitrogens is 1. The van der Waals surface area contributed by atoms with Gasteiger partial charge in [-0.1, -0.05) is 6.07 Å². The van der Waals surface area contributed by atoms with Crippen molar-refractivity contribution in [1.29, 1.82) is 0 Å². The van der Waals surface area contributed by atoms with Gasteiger partial charge in [-0.25, -0.2) is 18.1 Å². The normalized spacial score (nSPS) is 13.4. The highest BCUT2D eigenvalue weighted by molar-refractivity contribution is 7.90. The van der Waals surface area contributed by atoms with Crippen molar-refractivity contribution in [3.63, 3.8) is 0 Å². The van der Waals surface area contributed by atoms with Crippen LogP contribution in [0.2, 0.25) is 0 Å². The summed E-state index contributed by atoms with van der Waals surface area (Å²) in [5.74, 6) is 0.493. The highest BCUT2D eigenvalue weighted by atomic mass is 32.2. The van der Waals surface area contributed by atoms with Crippen molar-refractivity contribution < 1.29 is 13.2 Å². The maximum atomic E-state index is 11.6. The number of hydrogen-bond acceptors (Lipinski definition) is 5. The zero-order chi connectivity index (χ0) is 12.9. The molecule has 0 spiro atoms. The first-order valence-corrected chi connectivity index (χ1v) is 6.71. The van der Waals surface area contributed by atoms with Crippen LogP contribution < -0.4 is 15.2 Å². The maximum absolute atomic E-state index is 11.6. The molecule has 96 valence electrons. The van der Waals surface area contributed by atoms with Crippen LogP contribution in [0.25, 0.3) is 0 Å². The van der Waals surface area contributed by atoms with E-state index in [1.54, 1.807) is 25.3 Å². The molecule has 17 heavy (non-hydrogen) atoms. The summed E-state index contributed by atoms with van der Waals surface area (Å²) in [5, 5.41) is -0.603. The first-order chi connectivity index (χ1) is 7.99. The first-order valence-electron chi connectivity index (χ1n) is 5.17. The predicted molar refractivity (Wildman–Crippen MR) is 65.1 cm³/mol. The van der Waals surface area contributed by atoms with Gasteiger partial charge in [0.2, 0.25) is 15.9 Å². The lowest BCUT2D eigenvalue weighted by atomic mass is 10.3. The van der Waals surface area contributed by atoms with Crippen molar-refractivity contribution in [3.8, 4) is 5.88 Å². The van der Waals surface area contributed by atoms with Crippen LogP contribution in [-0.2, 0) is 16.6 Å². The number of methoxy groups -OCH3 is 1. The lowest BCUT2D eigenvalue weighted by molar-refractivity contribution is 0.397. The molecule has 0 aliphatic rings. The quantitative estimate of drug-likeness (QED) is 0.741. The summed E-state index contributed by atoms with van der Waals surface area (Å²) in [7, 11) is -1.84. The van der Waals surface area contributed by atoms with Crippen LogP contribution in [0, 0.1) is 0 Å². The Balaban J connectivity index is 2.61. The molecular weight excluding hydrogens is 242 g/mol. The second-order valence-corrected chi connectivity index (χ2v) is 5.80. The van der Waals surface area contributed by atoms with Gasteiger partial charge in [-0.3, -0.25) is 0 Å². The SMILES string of the molecule is COc1ccc(CNS(=O)(=O)C(C)CN)cn1. The fourth-order valence-electron chi connectivity index (χ4n) is 1.09. The number of nitrogens with two attached hydrogens (primary N) is 1. The summed E-state index contributed by atoms with van der Waals surface area (Å²) in [5.41, 5.74) is 6.08. The molecule has 0 aromatic carbocycles. The van der Waals surface area contributed by atoms with Gasteiger partial charge in [-0.2, -0.15) is 0 Å². The van der Waals surface area contributed by atoms with Gasteiger partial charge in [0.1, 0.15) is 0 Å². The van der Waals surface area contributed by atoms with Crippen molar-refractivity contribution in [1.82, 2.24) is 9.71 Å². The molecule has 1 unspecified atom stereocenters. The van der Waals surface area contributed by atoms with Gasteiger partial charge in [0.15, 0.2) is 0 Å². The molecule has 1 aromatic heterocycles. The van der Waals surface area contributed by atoms with Crippen LogP contribution in [0.1, 0.15) is 12.5 Å². The molecule has 0 aliphatic carbocycles. The predicted octanol–water partition coefficient (Wildman–Crippen LogP) is -0.143. The van der Waals surface area contributed by atoms with E-state index in [-0.39, 0.29) is 13.1 Å². The zero-order valence-electron chi connectivity index (χ0n) is 9.88. The second-order valence-electron chi connectivity index (χ2n) is 3.62. The average molecular weight is 259 g/mol. The first kappa shape index (κ1) is 13.9. The van der Waals surface area contributed by atoms with Crippen LogP contribution in [0.3, 0.4) is 0 Å². The van der Waals surface area contributed by atoms with Crippen molar-refractivity contribution in [2.75, 3.05) is 13.7 Å². The van der Waals surface area contributed by atoms with Crippen molar-refractivity contribution in [2.24, 2.45) is 5.73 Å². The monoisotopic (exact) mass is 259 g/mol. The molecular formula is C10H17N3O3S. The van der Waals surface area contributed by atoms with Crippen LogP contribution in [0.15, 0.2) is 18.3 Å². The molecule has 1 heterocycles. The van der Waals surface area contributed by atoms with Gasteiger partial charge in [0.05, 0.1) is 12.4 Å². The van der Waals surface area contributed by atoms with Crippen molar-refractivity contribution in [2.45, 2.75) is 18.7 Å². The fraction of sp³-hybridized carbons (Fsp3) is 0.500. The lowest BCUT2D eigenvalue weighted by Gasteiger charge is -2.11. The van der Waals surface area contributed by atoms with E-state index in [2.05, 4.69) is 9.71 Å². The summed E-state index contributed by atoms with van der Waals surface area (Å²) < 4.78 is 30.6. The summed E-state index contributed by atoms with van der Waals surface area (Å²) in [4.78, 5) is 3.98. The number of ether oxygens (including phenoxy) is 1. The van der Waals surface area contributed by atoms with E-state index in [9.17, 15) is 8.42 Å². The molecule has 3 N–H and O–H groups in total. The number of sulfonamides is 1. The van der Waals surface area contributed by atoms with Gasteiger partial charge in [0.25, 0.3) is 0 Å². The molecule has 0 saturated heterocycles. The van der Waals surface area contributed by atoms with Crippen LogP contribution in [0.4, 0.5) is 0 Å². The van der Waals surface area contributed by atoms with E-state index >= 15 is 0 Å². The number of nitrogens with zero attached hydrogens (tertiary/aromatic N) is 1. The Morgan fingerprint density at radius 3 is 2.71 bits per heavy atom. The summed E-state index contributed by atoms with van der Waals surface area (Å²) >= 11 is 0. The van der Waals surface area contributed by atoms with Crippen LogP contribution in [0.5, 0.6) is 5.88 Å². The van der Waals surface area contributed by atoms with Gasteiger partial charge in [0, 0.05) is 25.4 Å². The molecule has 0 saturated carbocycles. The third kappa shape index (κ3) is 3.95. The van der Waals surface area contributed by atoms with E-state index in [1.807, 2.05) is 0 Å². The number of nitrogens with one attached hydrogen (secondary N) is 1. The Labute approximate surface area is 101 Å². The van der Waals surface area contributed by atoms with E-state index in [4.69, 9.17) is 10.5 Å². The fourth-order valence-corrected chi connectivity index (χ4v) is 1.99. The minimum atomic E-state index is -3.36. The van der Waals surface area contributed by atoms with Gasteiger partial charge >= 0.3 is 0 Å². The topological polar surface area (TPSA) is 94.3 Å². The smallest absolute Gasteiger partial charge is 0.215 e. The lowest BCUT2D eigenvalue weighted by Crippen LogP contribution is -2.36. The highest BCUT2D eigenvalue weighted by Crippen LogP contribution is 2.07. The van der Waals surface area contributed by atoms with E-state index < -0.39 is 15.3 Å². The minimum Gasteiger partial charge on any atom is -0.481 e. The third-order valence-electron chi connectivity index (χ3n) is 2.35. The molecule has 0 radical (unpaired) electrons. The Bertz CT molecular complexity index is 444. The molecule has 1 atom stereocenters. The van der Waals surface area contributed by atoms with E-state index in [0.717, 1.165) is 5.56 Å². The molecule has 0 aliphatic heterocycles. The Morgan fingerprint density at radius 1 is 1.53 bits per heavy atom. The van der Waals surface area contributed by atoms with E-state index in [1.165, 1.54) is 7.11 Å². The maximum Gasteiger partial charge on any atom is 0.215 e. The highest BCUT2D eigenvalue weighted by Gasteiger charge is 2.18. The van der Waals surface area contributed by atoms with Crippen LogP contribution >= 0.6 is 0 Å². The zero-order valence-corrected chi connectivity index (χ0v) is 10.7. The number of pyridine rings is 1. The van der Waals surface area contributed by atoms with Crippen LogP contribution in [-0.4, -0.2) is 32.3 Å². The van der Waals surface area contributed by atoms with Gasteiger partial charge in [-0.15, -0.1) is 0 Å². The molecule has 0 amide bonds. The van der Waals surface area contributed by atoms with E-state index in [0.29, 0.717) is 5.88 Å². The summed E-state index contributed by atoms with van der Waals surface area (Å²) in [6.07, 6.45) is 1.56. The molecule has 7 heteroatoms. The largest absolute Gasteiger partial charge is 0.481 e. The Hall–Kier alpha value is -1.18. The Kier molecular flexibility index (Phi) is 4.86. The molecule has 6 nitrogen and oxygen atoms in total. The number of hydrogen-bond donors (Lipinski definition) is 2. The third-order valence-corrected chi connectivity index (χ3v) is 4.14. The van der Waals surface area contributed by atoms with Gasteiger partial charge in [-0.05, 0) is 12.5 Å². The minimum absolute atomic E-state index is 0.0934. The molecule has 1 rings (SSSR count). The number of rotatable bonds is 6. The standard InChI is InChI=1S/C10H17N3O3S/c1-8(5-11)17(14,15)13-7-9-3-4-10(16-2)12-6-9/h3-4,6,8,13H,5,7,11H2,1-2H3. The van der Waals surface area contributed by atoms with Crippen molar-refractivity contribution in [3.05, 3.63) is 23.9 Å².